The second kappa shape index (κ2) is 6.96. The first-order valence-corrected chi connectivity index (χ1v) is 9.54. The van der Waals surface area contributed by atoms with E-state index < -0.39 is 0 Å². The summed E-state index contributed by atoms with van der Waals surface area (Å²) in [7, 11) is 1.93. The highest BCUT2D eigenvalue weighted by Gasteiger charge is 2.27. The molecule has 0 saturated heterocycles. The molecule has 27 heavy (non-hydrogen) atoms. The molecule has 1 unspecified atom stereocenters. The first-order valence-electron chi connectivity index (χ1n) is 9.54. The van der Waals surface area contributed by atoms with Gasteiger partial charge in [-0.05, 0) is 66.3 Å². The largest absolute Gasteiger partial charge is 0.393 e. The van der Waals surface area contributed by atoms with Gasteiger partial charge >= 0.3 is 0 Å². The van der Waals surface area contributed by atoms with Crippen LogP contribution >= 0.6 is 0 Å². The van der Waals surface area contributed by atoms with Crippen LogP contribution in [-0.2, 0) is 0 Å². The lowest BCUT2D eigenvalue weighted by Gasteiger charge is -2.36. The zero-order valence-electron chi connectivity index (χ0n) is 16.5. The van der Waals surface area contributed by atoms with Gasteiger partial charge in [-0.1, -0.05) is 48.5 Å². The smallest absolute Gasteiger partial charge is 0.0564 e. The monoisotopic (exact) mass is 354 g/mol. The van der Waals surface area contributed by atoms with Crippen molar-refractivity contribution >= 4 is 5.69 Å². The van der Waals surface area contributed by atoms with Crippen LogP contribution in [0, 0.1) is 13.8 Å². The third kappa shape index (κ3) is 2.91. The molecule has 2 heteroatoms. The van der Waals surface area contributed by atoms with Gasteiger partial charge in [0, 0.05) is 30.7 Å². The highest BCUT2D eigenvalue weighted by molar-refractivity contribution is 5.89. The fourth-order valence-electron chi connectivity index (χ4n) is 4.23. The summed E-state index contributed by atoms with van der Waals surface area (Å²) in [6, 6.07) is 22.5. The van der Waals surface area contributed by atoms with Gasteiger partial charge in [-0.25, -0.2) is 0 Å². The number of aryl methyl sites for hydroxylation is 2. The zero-order chi connectivity index (χ0) is 19.0. The van der Waals surface area contributed by atoms with E-state index in [4.69, 9.17) is 0 Å². The molecule has 0 bridgehead atoms. The Morgan fingerprint density at radius 3 is 2.37 bits per heavy atom. The van der Waals surface area contributed by atoms with Crippen molar-refractivity contribution < 1.29 is 0 Å². The summed E-state index contributed by atoms with van der Waals surface area (Å²) in [6.07, 6.45) is 4.13. The van der Waals surface area contributed by atoms with Crippen LogP contribution in [0.25, 0.3) is 22.3 Å². The molecule has 0 radical (unpaired) electrons. The third-order valence-corrected chi connectivity index (χ3v) is 5.56. The van der Waals surface area contributed by atoms with Gasteiger partial charge in [0.1, 0.15) is 0 Å². The van der Waals surface area contributed by atoms with Gasteiger partial charge in [0.05, 0.1) is 6.04 Å². The van der Waals surface area contributed by atoms with Crippen LogP contribution in [0.4, 0.5) is 5.69 Å². The van der Waals surface area contributed by atoms with Crippen molar-refractivity contribution in [1.82, 2.24) is 5.32 Å². The maximum Gasteiger partial charge on any atom is 0.0564 e. The predicted octanol–water partition coefficient (Wildman–Crippen LogP) is 6.21. The maximum absolute atomic E-state index is 3.12. The van der Waals surface area contributed by atoms with Crippen LogP contribution in [-0.4, -0.2) is 7.05 Å². The van der Waals surface area contributed by atoms with E-state index in [2.05, 4.69) is 97.9 Å². The summed E-state index contributed by atoms with van der Waals surface area (Å²) in [5.41, 5.74) is 10.5. The van der Waals surface area contributed by atoms with E-state index >= 15 is 0 Å². The molecular formula is C25H26N2. The van der Waals surface area contributed by atoms with E-state index in [0.717, 1.165) is 0 Å². The number of rotatable bonds is 3. The lowest BCUT2D eigenvalue weighted by atomic mass is 9.86. The Kier molecular flexibility index (Phi) is 4.49. The van der Waals surface area contributed by atoms with Crippen molar-refractivity contribution in [1.29, 1.82) is 0 Å². The van der Waals surface area contributed by atoms with Gasteiger partial charge < -0.3 is 10.2 Å². The highest BCUT2D eigenvalue weighted by atomic mass is 15.2. The second-order valence-corrected chi connectivity index (χ2v) is 7.27. The first kappa shape index (κ1) is 17.4. The molecule has 4 rings (SSSR count). The SMILES string of the molecule is CN/C=C\N1c2ccc(-c3c(C)cccc3C)cc2-c2ccccc2C1C. The molecule has 2 nitrogen and oxygen atoms in total. The highest BCUT2D eigenvalue weighted by Crippen LogP contribution is 2.46. The number of hydrogen-bond acceptors (Lipinski definition) is 2. The van der Waals surface area contributed by atoms with E-state index in [1.807, 2.05) is 13.2 Å². The lowest BCUT2D eigenvalue weighted by molar-refractivity contribution is 0.756. The Labute approximate surface area is 162 Å². The molecule has 3 aromatic carbocycles. The predicted molar refractivity (Wildman–Crippen MR) is 116 cm³/mol. The van der Waals surface area contributed by atoms with Crippen LogP contribution in [0.3, 0.4) is 0 Å². The molecule has 0 fully saturated rings. The first-order chi connectivity index (χ1) is 13.1. The second-order valence-electron chi connectivity index (χ2n) is 7.27. The number of nitrogens with one attached hydrogen (secondary N) is 1. The van der Waals surface area contributed by atoms with Gasteiger partial charge in [0.15, 0.2) is 0 Å². The van der Waals surface area contributed by atoms with Gasteiger partial charge in [0.25, 0.3) is 0 Å². The van der Waals surface area contributed by atoms with Crippen molar-refractivity contribution in [3.05, 3.63) is 89.8 Å². The third-order valence-electron chi connectivity index (χ3n) is 5.56. The fraction of sp³-hybridized carbons (Fsp3) is 0.200. The van der Waals surface area contributed by atoms with E-state index in [0.29, 0.717) is 6.04 Å². The van der Waals surface area contributed by atoms with Gasteiger partial charge in [-0.3, -0.25) is 0 Å². The number of nitrogens with zero attached hydrogens (tertiary/aromatic N) is 1. The summed E-state index contributed by atoms with van der Waals surface area (Å²) in [5, 5.41) is 3.12. The molecule has 136 valence electrons. The molecule has 1 heterocycles. The molecule has 0 saturated carbocycles. The topological polar surface area (TPSA) is 15.3 Å². The quantitative estimate of drug-likeness (QED) is 0.601. The van der Waals surface area contributed by atoms with Gasteiger partial charge in [-0.15, -0.1) is 0 Å². The fourth-order valence-corrected chi connectivity index (χ4v) is 4.23. The van der Waals surface area contributed by atoms with Gasteiger partial charge in [-0.2, -0.15) is 0 Å². The summed E-state index contributed by atoms with van der Waals surface area (Å²) in [6.45, 7) is 6.65. The van der Waals surface area contributed by atoms with Crippen molar-refractivity contribution in [2.24, 2.45) is 0 Å². The Morgan fingerprint density at radius 2 is 1.63 bits per heavy atom. The van der Waals surface area contributed by atoms with Crippen LogP contribution in [0.1, 0.15) is 29.7 Å². The van der Waals surface area contributed by atoms with E-state index in [9.17, 15) is 0 Å². The van der Waals surface area contributed by atoms with Crippen LogP contribution in [0.5, 0.6) is 0 Å². The van der Waals surface area contributed by atoms with Crippen molar-refractivity contribution in [2.75, 3.05) is 11.9 Å². The molecule has 3 aromatic rings. The molecular weight excluding hydrogens is 328 g/mol. The van der Waals surface area contributed by atoms with Crippen molar-refractivity contribution in [2.45, 2.75) is 26.8 Å². The molecule has 0 spiro atoms. The Balaban J connectivity index is 1.94. The van der Waals surface area contributed by atoms with E-state index in [1.54, 1.807) is 0 Å². The lowest BCUT2D eigenvalue weighted by Crippen LogP contribution is -2.25. The van der Waals surface area contributed by atoms with E-state index in [1.165, 1.54) is 44.6 Å². The minimum atomic E-state index is 0.296. The molecule has 1 N–H and O–H groups in total. The number of fused-ring (bicyclic) bond motifs is 3. The molecule has 1 atom stereocenters. The number of hydrogen-bond donors (Lipinski definition) is 1. The Hall–Kier alpha value is -3.00. The normalized spacial score (nSPS) is 15.6. The van der Waals surface area contributed by atoms with E-state index in [-0.39, 0.29) is 0 Å². The standard InChI is InChI=1S/C25H26N2/c1-17-8-7-9-18(2)25(17)20-12-13-24-23(16-20)22-11-6-5-10-21(22)19(3)27(24)15-14-26-4/h5-16,19,26H,1-4H3/b15-14-. The molecule has 0 amide bonds. The minimum absolute atomic E-state index is 0.296. The Bertz CT molecular complexity index is 996. The summed E-state index contributed by atoms with van der Waals surface area (Å²) < 4.78 is 0. The van der Waals surface area contributed by atoms with Crippen molar-refractivity contribution in [3.63, 3.8) is 0 Å². The van der Waals surface area contributed by atoms with Crippen LogP contribution < -0.4 is 10.2 Å². The average Bonchev–Trinajstić information content (AvgIpc) is 2.68. The van der Waals surface area contributed by atoms with Crippen LogP contribution in [0.2, 0.25) is 0 Å². The summed E-state index contributed by atoms with van der Waals surface area (Å²) >= 11 is 0. The molecule has 0 aliphatic carbocycles. The minimum Gasteiger partial charge on any atom is -0.393 e. The molecule has 1 aliphatic heterocycles. The zero-order valence-corrected chi connectivity index (χ0v) is 16.5. The van der Waals surface area contributed by atoms with Gasteiger partial charge in [0.2, 0.25) is 0 Å². The summed E-state index contributed by atoms with van der Waals surface area (Å²) in [4.78, 5) is 2.35. The molecule has 0 aromatic heterocycles. The Morgan fingerprint density at radius 1 is 0.889 bits per heavy atom. The maximum atomic E-state index is 3.12. The summed E-state index contributed by atoms with van der Waals surface area (Å²) in [5.74, 6) is 0. The molecule has 1 aliphatic rings. The average molecular weight is 354 g/mol. The number of anilines is 1. The van der Waals surface area contributed by atoms with Crippen molar-refractivity contribution in [3.8, 4) is 22.3 Å². The van der Waals surface area contributed by atoms with Crippen LogP contribution in [0.15, 0.2) is 73.1 Å². The number of benzene rings is 3.